The maximum atomic E-state index is 15.7. The first-order valence-electron chi connectivity index (χ1n) is 11.1. The van der Waals surface area contributed by atoms with Crippen LogP contribution < -0.4 is 5.56 Å². The lowest BCUT2D eigenvalue weighted by molar-refractivity contribution is -0.136. The van der Waals surface area contributed by atoms with E-state index in [2.05, 4.69) is 4.98 Å². The lowest BCUT2D eigenvalue weighted by Crippen LogP contribution is -2.45. The summed E-state index contributed by atoms with van der Waals surface area (Å²) in [6.07, 6.45) is 3.22. The number of rotatable bonds is 3. The molecule has 9 heteroatoms. The number of fused-ring (bicyclic) bond motifs is 2. The van der Waals surface area contributed by atoms with E-state index in [0.717, 1.165) is 11.6 Å². The number of carbonyl (C=O) groups excluding carboxylic acids is 1. The van der Waals surface area contributed by atoms with Gasteiger partial charge >= 0.3 is 0 Å². The smallest absolute Gasteiger partial charge is 0.258 e. The third-order valence-electron chi connectivity index (χ3n) is 6.39. The molecular weight excluding hydrogens is 442 g/mol. The molecule has 4 heterocycles. The molecule has 0 saturated carbocycles. The molecular formula is C25H24F2N4O3. The van der Waals surface area contributed by atoms with Gasteiger partial charge in [0.25, 0.3) is 5.56 Å². The Bertz CT molecular complexity index is 1510. The highest BCUT2D eigenvalue weighted by atomic mass is 19.1. The Morgan fingerprint density at radius 1 is 1.21 bits per heavy atom. The third kappa shape index (κ3) is 3.66. The van der Waals surface area contributed by atoms with Crippen molar-refractivity contribution in [1.82, 2.24) is 18.9 Å². The van der Waals surface area contributed by atoms with Crippen molar-refractivity contribution in [2.45, 2.75) is 26.4 Å². The Morgan fingerprint density at radius 3 is 2.76 bits per heavy atom. The highest BCUT2D eigenvalue weighted by molar-refractivity contribution is 5.88. The third-order valence-corrected chi connectivity index (χ3v) is 6.39. The minimum Gasteiger partial charge on any atom is -0.374 e. The number of hydrogen-bond donors (Lipinski definition) is 0. The molecule has 0 radical (unpaired) electrons. The van der Waals surface area contributed by atoms with Crippen molar-refractivity contribution < 1.29 is 18.3 Å². The quantitative estimate of drug-likeness (QED) is 0.465. The molecule has 0 unspecified atom stereocenters. The van der Waals surface area contributed by atoms with E-state index in [-0.39, 0.29) is 34.0 Å². The van der Waals surface area contributed by atoms with Gasteiger partial charge in [0.1, 0.15) is 17.3 Å². The average Bonchev–Trinajstić information content (AvgIpc) is 3.13. The Kier molecular flexibility index (Phi) is 5.44. The van der Waals surface area contributed by atoms with Crippen LogP contribution in [0.3, 0.4) is 0 Å². The number of morpholine rings is 1. The fourth-order valence-electron chi connectivity index (χ4n) is 4.57. The molecule has 1 fully saturated rings. The lowest BCUT2D eigenvalue weighted by atomic mass is 10.0. The number of hydrogen-bond acceptors (Lipinski definition) is 4. The number of aryl methyl sites for hydroxylation is 2. The summed E-state index contributed by atoms with van der Waals surface area (Å²) < 4.78 is 40.1. The molecule has 0 bridgehead atoms. The molecule has 1 aliphatic rings. The second-order valence-corrected chi connectivity index (χ2v) is 8.74. The zero-order valence-electron chi connectivity index (χ0n) is 19.1. The van der Waals surface area contributed by atoms with Crippen molar-refractivity contribution >= 4 is 22.3 Å². The van der Waals surface area contributed by atoms with Gasteiger partial charge in [-0.1, -0.05) is 0 Å². The summed E-state index contributed by atoms with van der Waals surface area (Å²) in [6, 6.07) is 6.26. The van der Waals surface area contributed by atoms with Gasteiger partial charge in [-0.2, -0.15) is 0 Å². The van der Waals surface area contributed by atoms with E-state index in [9.17, 15) is 9.59 Å². The maximum absolute atomic E-state index is 15.7. The molecule has 1 aromatic carbocycles. The Hall–Kier alpha value is -3.59. The van der Waals surface area contributed by atoms with E-state index in [1.807, 2.05) is 25.3 Å². The van der Waals surface area contributed by atoms with E-state index < -0.39 is 17.2 Å². The first-order chi connectivity index (χ1) is 16.2. The van der Waals surface area contributed by atoms with Crippen LogP contribution in [0.1, 0.15) is 18.2 Å². The van der Waals surface area contributed by atoms with E-state index >= 15 is 8.78 Å². The molecule has 34 heavy (non-hydrogen) atoms. The molecule has 0 spiro atoms. The number of halogens is 2. The van der Waals surface area contributed by atoms with Gasteiger partial charge < -0.3 is 18.6 Å². The van der Waals surface area contributed by atoms with Crippen molar-refractivity contribution in [3.05, 3.63) is 69.9 Å². The van der Waals surface area contributed by atoms with Crippen LogP contribution in [-0.2, 0) is 23.0 Å². The topological polar surface area (TPSA) is 68.8 Å². The number of carbonyl (C=O) groups is 1. The van der Waals surface area contributed by atoms with Gasteiger partial charge in [-0.05, 0) is 36.8 Å². The minimum absolute atomic E-state index is 0.0300. The molecule has 176 valence electrons. The maximum Gasteiger partial charge on any atom is 0.258 e. The van der Waals surface area contributed by atoms with Gasteiger partial charge in [-0.25, -0.2) is 13.8 Å². The van der Waals surface area contributed by atoms with Gasteiger partial charge in [-0.3, -0.25) is 9.59 Å². The fourth-order valence-corrected chi connectivity index (χ4v) is 4.57. The van der Waals surface area contributed by atoms with Crippen LogP contribution in [0.15, 0.2) is 41.5 Å². The van der Waals surface area contributed by atoms with Crippen LogP contribution in [0, 0.1) is 18.6 Å². The average molecular weight is 466 g/mol. The molecule has 0 N–H and O–H groups in total. The van der Waals surface area contributed by atoms with Crippen LogP contribution in [0.5, 0.6) is 0 Å². The van der Waals surface area contributed by atoms with Crippen LogP contribution >= 0.6 is 0 Å². The lowest BCUT2D eigenvalue weighted by Gasteiger charge is -2.32. The highest BCUT2D eigenvalue weighted by Gasteiger charge is 2.28. The largest absolute Gasteiger partial charge is 0.374 e. The van der Waals surface area contributed by atoms with Crippen LogP contribution in [0.4, 0.5) is 8.78 Å². The minimum atomic E-state index is -0.857. The number of nitrogens with zero attached hydrogens (tertiary/aromatic N) is 4. The molecule has 3 aromatic heterocycles. The summed E-state index contributed by atoms with van der Waals surface area (Å²) in [5.41, 5.74) is 1.48. The summed E-state index contributed by atoms with van der Waals surface area (Å²) in [5, 5.41) is 0.00739. The summed E-state index contributed by atoms with van der Waals surface area (Å²) in [5.74, 6) is -1.73. The Morgan fingerprint density at radius 2 is 2.00 bits per heavy atom. The molecule has 7 nitrogen and oxygen atoms in total. The fraction of sp³-hybridized carbons (Fsp3) is 0.320. The monoisotopic (exact) mass is 466 g/mol. The van der Waals surface area contributed by atoms with Gasteiger partial charge in [-0.15, -0.1) is 0 Å². The van der Waals surface area contributed by atoms with E-state index in [1.165, 1.54) is 30.8 Å². The van der Waals surface area contributed by atoms with Crippen LogP contribution in [-0.4, -0.2) is 50.6 Å². The second kappa shape index (κ2) is 8.32. The molecule has 1 saturated heterocycles. The zero-order chi connectivity index (χ0) is 24.1. The molecule has 4 aromatic rings. The summed E-state index contributed by atoms with van der Waals surface area (Å²) in [4.78, 5) is 30.6. The SMILES string of the molecule is CC(=O)N1CCO[C@@H](Cc2c(-c3c(F)cc4c(=O)n(C)ccc4c3F)nc3cc(C)ccn23)C1. The van der Waals surface area contributed by atoms with E-state index in [4.69, 9.17) is 4.74 Å². The van der Waals surface area contributed by atoms with Crippen molar-refractivity contribution in [3.8, 4) is 11.3 Å². The van der Waals surface area contributed by atoms with Gasteiger partial charge in [0.15, 0.2) is 0 Å². The molecule has 1 aliphatic heterocycles. The molecule has 5 rings (SSSR count). The van der Waals surface area contributed by atoms with Gasteiger partial charge in [0, 0.05) is 51.3 Å². The van der Waals surface area contributed by atoms with Gasteiger partial charge in [0.2, 0.25) is 5.91 Å². The predicted octanol–water partition coefficient (Wildman–Crippen LogP) is 3.23. The summed E-state index contributed by atoms with van der Waals surface area (Å²) in [6.45, 7) is 4.70. The number of aromatic nitrogens is 3. The van der Waals surface area contributed by atoms with Crippen molar-refractivity contribution in [2.24, 2.45) is 7.05 Å². The number of pyridine rings is 2. The summed E-state index contributed by atoms with van der Waals surface area (Å²) in [7, 11) is 1.53. The number of ether oxygens (including phenoxy) is 1. The second-order valence-electron chi connectivity index (χ2n) is 8.74. The summed E-state index contributed by atoms with van der Waals surface area (Å²) >= 11 is 0. The number of benzene rings is 1. The standard InChI is InChI=1S/C25H24F2N4O3/c1-14-4-7-31-20(11-16-13-30(15(2)32)8-9-34-16)24(28-21(31)10-14)22-19(26)12-18-17(23(22)27)5-6-29(3)25(18)33/h4-7,10,12,16H,8-9,11,13H2,1-3H3/t16-/m0/s1. The molecule has 1 amide bonds. The Labute approximate surface area is 194 Å². The zero-order valence-corrected chi connectivity index (χ0v) is 19.1. The predicted molar refractivity (Wildman–Crippen MR) is 124 cm³/mol. The van der Waals surface area contributed by atoms with Crippen molar-refractivity contribution in [3.63, 3.8) is 0 Å². The molecule has 0 aliphatic carbocycles. The van der Waals surface area contributed by atoms with Crippen LogP contribution in [0.25, 0.3) is 27.7 Å². The van der Waals surface area contributed by atoms with Gasteiger partial charge in [0.05, 0.1) is 35.0 Å². The molecule has 1 atom stereocenters. The Balaban J connectivity index is 1.70. The highest BCUT2D eigenvalue weighted by Crippen LogP contribution is 2.34. The van der Waals surface area contributed by atoms with Crippen molar-refractivity contribution in [2.75, 3.05) is 19.7 Å². The number of imidazole rings is 1. The van der Waals surface area contributed by atoms with E-state index in [0.29, 0.717) is 37.5 Å². The van der Waals surface area contributed by atoms with E-state index in [1.54, 1.807) is 9.30 Å². The van der Waals surface area contributed by atoms with Crippen molar-refractivity contribution in [1.29, 1.82) is 0 Å². The normalized spacial score (nSPS) is 16.5. The van der Waals surface area contributed by atoms with Crippen LogP contribution in [0.2, 0.25) is 0 Å². The first-order valence-corrected chi connectivity index (χ1v) is 11.1. The number of amides is 1. The first kappa shape index (κ1) is 22.2.